The number of alkyl carbamates (subject to hydrolysis) is 1. The lowest BCUT2D eigenvalue weighted by atomic mass is 9.47. The van der Waals surface area contributed by atoms with Gasteiger partial charge >= 0.3 is 14.1 Å². The van der Waals surface area contributed by atoms with Gasteiger partial charge in [0.05, 0.1) is 52.9 Å². The molecule has 3 saturated carbocycles. The largest absolute Gasteiger partial charge is 0.505 e. The van der Waals surface area contributed by atoms with Crippen LogP contribution in [0.1, 0.15) is 112 Å². The van der Waals surface area contributed by atoms with E-state index >= 15 is 0 Å². The number of amides is 1. The molecule has 4 aliphatic rings. The zero-order chi connectivity index (χ0) is 38.3. The van der Waals surface area contributed by atoms with Crippen molar-refractivity contribution in [3.8, 4) is 0 Å². The van der Waals surface area contributed by atoms with Crippen molar-refractivity contribution in [2.75, 3.05) is 79.8 Å². The van der Waals surface area contributed by atoms with Crippen LogP contribution in [-0.4, -0.2) is 98.1 Å². The van der Waals surface area contributed by atoms with Crippen molar-refractivity contribution >= 4 is 14.1 Å². The fourth-order valence-electron chi connectivity index (χ4n) is 10.7. The number of fused-ring (bicyclic) bond motifs is 5. The minimum absolute atomic E-state index is 0.0331. The van der Waals surface area contributed by atoms with E-state index in [4.69, 9.17) is 32.9 Å². The van der Waals surface area contributed by atoms with Crippen molar-refractivity contribution in [2.24, 2.45) is 46.3 Å². The first-order valence-electron chi connectivity index (χ1n) is 21.0. The highest BCUT2D eigenvalue weighted by molar-refractivity contribution is 7.38. The van der Waals surface area contributed by atoms with Crippen LogP contribution in [0.4, 0.5) is 4.79 Å². The molecular formula is C42H75NO9P+. The van der Waals surface area contributed by atoms with Crippen molar-refractivity contribution < 1.29 is 42.3 Å². The Morgan fingerprint density at radius 1 is 0.868 bits per heavy atom. The second-order valence-corrected chi connectivity index (χ2v) is 18.5. The molecule has 0 aliphatic heterocycles. The molecule has 0 radical (unpaired) electrons. The average molecular weight is 769 g/mol. The molecule has 9 unspecified atom stereocenters. The van der Waals surface area contributed by atoms with Gasteiger partial charge in [-0.2, -0.15) is 0 Å². The molecule has 1 N–H and O–H groups in total. The number of hydrogen-bond donors (Lipinski definition) is 1. The molecule has 3 fully saturated rings. The van der Waals surface area contributed by atoms with Crippen LogP contribution >= 0.6 is 8.03 Å². The predicted octanol–water partition coefficient (Wildman–Crippen LogP) is 8.98. The molecule has 0 heterocycles. The maximum Gasteiger partial charge on any atom is 0.505 e. The Hall–Kier alpha value is -1.13. The van der Waals surface area contributed by atoms with E-state index in [-0.39, 0.29) is 23.7 Å². The molecule has 0 aromatic carbocycles. The standard InChI is InChI=1S/C42H74NO9P/c1-31(2)10-8-11-32(3)37-14-15-38-36-13-12-33-28-34(16-18-41(33,4)39(36)17-19-42(37,38)5)51-40(44)43-20-9-21-47-22-23-48-24-25-49-26-27-50-30-35(29-46-6)52-53(7)45/h12,31-32,34-39H,8-11,13-30H2,1-7H3/p+1/t32-,34?,35?,36?,37?,38?,39?,41?,42?/m1/s1. The highest BCUT2D eigenvalue weighted by Crippen LogP contribution is 2.67. The van der Waals surface area contributed by atoms with Gasteiger partial charge < -0.3 is 33.7 Å². The van der Waals surface area contributed by atoms with Crippen molar-refractivity contribution in [2.45, 2.75) is 124 Å². The zero-order valence-electron chi connectivity index (χ0n) is 34.4. The third-order valence-corrected chi connectivity index (χ3v) is 13.9. The molecule has 11 heteroatoms. The number of carbonyl (C=O) groups is 1. The summed E-state index contributed by atoms with van der Waals surface area (Å²) in [5.74, 6) is 5.01. The van der Waals surface area contributed by atoms with Gasteiger partial charge in [-0.05, 0) is 102 Å². The number of carbonyl (C=O) groups excluding carboxylic acids is 1. The van der Waals surface area contributed by atoms with Gasteiger partial charge in [0.15, 0.2) is 12.8 Å². The molecule has 0 bridgehead atoms. The van der Waals surface area contributed by atoms with E-state index in [2.05, 4.69) is 46.0 Å². The summed E-state index contributed by atoms with van der Waals surface area (Å²) < 4.78 is 49.7. The quantitative estimate of drug-likeness (QED) is 0.0553. The molecule has 0 aromatic rings. The molecule has 0 spiro atoms. The van der Waals surface area contributed by atoms with Gasteiger partial charge in [0.25, 0.3) is 0 Å². The van der Waals surface area contributed by atoms with Gasteiger partial charge in [-0.25, -0.2) is 4.79 Å². The summed E-state index contributed by atoms with van der Waals surface area (Å²) in [5, 5.41) is 2.93. The van der Waals surface area contributed by atoms with Gasteiger partial charge in [-0.3, -0.25) is 0 Å². The number of methoxy groups -OCH3 is 1. The Kier molecular flexibility index (Phi) is 19.0. The maximum atomic E-state index is 12.7. The number of allylic oxidation sites excluding steroid dienone is 1. The Labute approximate surface area is 322 Å². The molecule has 0 aromatic heterocycles. The topological polar surface area (TPSA) is 111 Å². The van der Waals surface area contributed by atoms with Crippen molar-refractivity contribution in [1.82, 2.24) is 5.32 Å². The number of rotatable bonds is 25. The first kappa shape index (κ1) is 44.6. The summed E-state index contributed by atoms with van der Waals surface area (Å²) in [7, 11) is -0.135. The van der Waals surface area contributed by atoms with E-state index in [0.717, 1.165) is 61.2 Å². The third-order valence-electron chi connectivity index (χ3n) is 13.3. The highest BCUT2D eigenvalue weighted by Gasteiger charge is 2.59. The fraction of sp³-hybridized carbons (Fsp3) is 0.929. The second-order valence-electron chi connectivity index (χ2n) is 17.4. The summed E-state index contributed by atoms with van der Waals surface area (Å²) in [4.78, 5) is 12.7. The molecule has 10 atom stereocenters. The van der Waals surface area contributed by atoms with Crippen LogP contribution in [0.5, 0.6) is 0 Å². The van der Waals surface area contributed by atoms with Crippen molar-refractivity contribution in [3.63, 3.8) is 0 Å². The molecule has 53 heavy (non-hydrogen) atoms. The van der Waals surface area contributed by atoms with Gasteiger partial charge in [-0.15, -0.1) is 4.52 Å². The van der Waals surface area contributed by atoms with Crippen LogP contribution in [0.2, 0.25) is 0 Å². The lowest BCUT2D eigenvalue weighted by Crippen LogP contribution is -2.51. The van der Waals surface area contributed by atoms with Crippen LogP contribution in [0, 0.1) is 46.3 Å². The van der Waals surface area contributed by atoms with Gasteiger partial charge in [0, 0.05) is 26.7 Å². The molecule has 4 rings (SSSR count). The minimum Gasteiger partial charge on any atom is -0.446 e. The predicted molar refractivity (Wildman–Crippen MR) is 209 cm³/mol. The zero-order valence-corrected chi connectivity index (χ0v) is 35.3. The second kappa shape index (κ2) is 22.6. The van der Waals surface area contributed by atoms with Crippen molar-refractivity contribution in [3.05, 3.63) is 11.6 Å². The first-order valence-corrected chi connectivity index (χ1v) is 22.6. The molecule has 1 amide bonds. The number of ether oxygens (including phenoxy) is 6. The number of nitrogens with one attached hydrogen (secondary N) is 1. The van der Waals surface area contributed by atoms with Crippen molar-refractivity contribution in [1.29, 1.82) is 0 Å². The summed E-state index contributed by atoms with van der Waals surface area (Å²) in [6.07, 6.45) is 16.6. The van der Waals surface area contributed by atoms with Crippen LogP contribution in [-0.2, 0) is 37.5 Å². The average Bonchev–Trinajstić information content (AvgIpc) is 3.47. The van der Waals surface area contributed by atoms with E-state index < -0.39 is 8.03 Å². The van der Waals surface area contributed by atoms with E-state index in [0.29, 0.717) is 71.4 Å². The van der Waals surface area contributed by atoms with Crippen LogP contribution < -0.4 is 5.32 Å². The Balaban J connectivity index is 1.03. The molecule has 306 valence electrons. The van der Waals surface area contributed by atoms with E-state index in [1.807, 2.05) is 0 Å². The van der Waals surface area contributed by atoms with Gasteiger partial charge in [0.1, 0.15) is 6.10 Å². The normalized spacial score (nSPS) is 30.9. The van der Waals surface area contributed by atoms with E-state index in [9.17, 15) is 9.36 Å². The smallest absolute Gasteiger partial charge is 0.446 e. The van der Waals surface area contributed by atoms with Crippen LogP contribution in [0.3, 0.4) is 0 Å². The third kappa shape index (κ3) is 13.2. The highest BCUT2D eigenvalue weighted by atomic mass is 31.1. The summed E-state index contributed by atoms with van der Waals surface area (Å²) in [6, 6.07) is 0. The molecular weight excluding hydrogens is 693 g/mol. The van der Waals surface area contributed by atoms with Gasteiger partial charge in [-0.1, -0.05) is 65.5 Å². The maximum absolute atomic E-state index is 12.7. The van der Waals surface area contributed by atoms with Gasteiger partial charge in [0.2, 0.25) is 0 Å². The van der Waals surface area contributed by atoms with E-state index in [1.165, 1.54) is 58.0 Å². The Bertz CT molecular complexity index is 1140. The molecule has 4 aliphatic carbocycles. The minimum atomic E-state index is -1.70. The molecule has 0 saturated heterocycles. The Morgan fingerprint density at radius 3 is 2.25 bits per heavy atom. The lowest BCUT2D eigenvalue weighted by molar-refractivity contribution is -0.0581. The summed E-state index contributed by atoms with van der Waals surface area (Å²) in [5.41, 5.74) is 2.33. The monoisotopic (exact) mass is 769 g/mol. The summed E-state index contributed by atoms with van der Waals surface area (Å²) >= 11 is 0. The van der Waals surface area contributed by atoms with Crippen LogP contribution in [0.25, 0.3) is 0 Å². The lowest BCUT2D eigenvalue weighted by Gasteiger charge is -2.58. The SMILES string of the molecule is COCC(COCCOCCOCCOCCCNC(=O)OC1CCC2(C)C(=CCC3C2CCC2(C)C3CCC2[C@H](C)CCCC(C)C)C1)O[P+](C)=O. The fourth-order valence-corrected chi connectivity index (χ4v) is 11.2. The molecule has 10 nitrogen and oxygen atoms in total. The Morgan fingerprint density at radius 2 is 1.57 bits per heavy atom. The van der Waals surface area contributed by atoms with Crippen LogP contribution in [0.15, 0.2) is 11.6 Å². The summed E-state index contributed by atoms with van der Waals surface area (Å²) in [6.45, 7) is 18.5. The first-order chi connectivity index (χ1) is 25.5. The number of hydrogen-bond acceptors (Lipinski definition) is 9. The van der Waals surface area contributed by atoms with E-state index in [1.54, 1.807) is 12.7 Å².